The van der Waals surface area contributed by atoms with Gasteiger partial charge in [-0.15, -0.1) is 10.2 Å². The summed E-state index contributed by atoms with van der Waals surface area (Å²) in [7, 11) is 0. The van der Waals surface area contributed by atoms with Crippen LogP contribution in [0.4, 0.5) is 14.6 Å². The lowest BCUT2D eigenvalue weighted by Crippen LogP contribution is -2.51. The first-order valence-electron chi connectivity index (χ1n) is 10.9. The van der Waals surface area contributed by atoms with Gasteiger partial charge >= 0.3 is 0 Å². The van der Waals surface area contributed by atoms with E-state index in [2.05, 4.69) is 20.0 Å². The van der Waals surface area contributed by atoms with Gasteiger partial charge in [-0.05, 0) is 87.4 Å². The smallest absolute Gasteiger partial charge is 0.159 e. The van der Waals surface area contributed by atoms with Gasteiger partial charge in [0.15, 0.2) is 17.5 Å². The van der Waals surface area contributed by atoms with Gasteiger partial charge in [0.1, 0.15) is 0 Å². The molecule has 3 aliphatic rings. The zero-order chi connectivity index (χ0) is 19.8. The number of rotatable bonds is 3. The van der Waals surface area contributed by atoms with Gasteiger partial charge in [-0.3, -0.25) is 0 Å². The van der Waals surface area contributed by atoms with Gasteiger partial charge in [0.25, 0.3) is 0 Å². The first kappa shape index (κ1) is 18.9. The third kappa shape index (κ3) is 3.75. The van der Waals surface area contributed by atoms with E-state index in [0.717, 1.165) is 31.0 Å². The van der Waals surface area contributed by atoms with Gasteiger partial charge in [-0.25, -0.2) is 8.78 Å². The van der Waals surface area contributed by atoms with Crippen molar-refractivity contribution in [3.05, 3.63) is 42.0 Å². The fourth-order valence-corrected chi connectivity index (χ4v) is 5.13. The SMILES string of the molecule is Fc1ccc(-c2ccc(N3CCC4(CC3)CCN(C3CCC3)CC4)nn2)cc1F. The number of benzene rings is 1. The lowest BCUT2D eigenvalue weighted by Gasteiger charge is -2.50. The van der Waals surface area contributed by atoms with E-state index >= 15 is 0 Å². The molecule has 1 aliphatic carbocycles. The van der Waals surface area contributed by atoms with Crippen LogP contribution in [0, 0.1) is 17.0 Å². The lowest BCUT2D eigenvalue weighted by molar-refractivity contribution is 0.0305. The molecule has 3 fully saturated rings. The normalized spacial score (nSPS) is 22.6. The van der Waals surface area contributed by atoms with E-state index in [1.807, 2.05) is 12.1 Å². The third-order valence-electron chi connectivity index (χ3n) is 7.46. The van der Waals surface area contributed by atoms with Crippen LogP contribution < -0.4 is 4.90 Å². The minimum atomic E-state index is -0.863. The molecule has 1 aromatic heterocycles. The fraction of sp³-hybridized carbons (Fsp3) is 0.565. The van der Waals surface area contributed by atoms with Gasteiger partial charge in [0.2, 0.25) is 0 Å². The van der Waals surface area contributed by atoms with E-state index in [0.29, 0.717) is 16.7 Å². The molecule has 2 saturated heterocycles. The zero-order valence-corrected chi connectivity index (χ0v) is 16.8. The van der Waals surface area contributed by atoms with Crippen molar-refractivity contribution in [1.29, 1.82) is 0 Å². The molecule has 0 atom stereocenters. The highest BCUT2D eigenvalue weighted by Gasteiger charge is 2.39. The molecule has 1 spiro atoms. The Labute approximate surface area is 170 Å². The van der Waals surface area contributed by atoms with E-state index < -0.39 is 11.6 Å². The van der Waals surface area contributed by atoms with Crippen molar-refractivity contribution >= 4 is 5.82 Å². The molecule has 0 unspecified atom stereocenters. The Hall–Kier alpha value is -2.08. The predicted octanol–water partition coefficient (Wildman–Crippen LogP) is 4.66. The molecular formula is C23H28F2N4. The number of hydrogen-bond donors (Lipinski definition) is 0. The van der Waals surface area contributed by atoms with E-state index in [-0.39, 0.29) is 0 Å². The first-order chi connectivity index (χ1) is 14.1. The van der Waals surface area contributed by atoms with Crippen molar-refractivity contribution in [3.8, 4) is 11.3 Å². The molecule has 1 saturated carbocycles. The molecule has 3 heterocycles. The summed E-state index contributed by atoms with van der Waals surface area (Å²) < 4.78 is 26.6. The van der Waals surface area contributed by atoms with E-state index in [1.165, 1.54) is 70.2 Å². The fourth-order valence-electron chi connectivity index (χ4n) is 5.13. The maximum absolute atomic E-state index is 13.5. The second-order valence-corrected chi connectivity index (χ2v) is 9.01. The maximum atomic E-state index is 13.5. The van der Waals surface area contributed by atoms with Crippen molar-refractivity contribution in [1.82, 2.24) is 15.1 Å². The number of aromatic nitrogens is 2. The molecule has 5 rings (SSSR count). The maximum Gasteiger partial charge on any atom is 0.159 e. The average Bonchev–Trinajstić information content (AvgIpc) is 2.71. The Morgan fingerprint density at radius 1 is 0.828 bits per heavy atom. The summed E-state index contributed by atoms with van der Waals surface area (Å²) >= 11 is 0. The molecule has 0 N–H and O–H groups in total. The minimum absolute atomic E-state index is 0.510. The van der Waals surface area contributed by atoms with E-state index in [1.54, 1.807) is 0 Å². The summed E-state index contributed by atoms with van der Waals surface area (Å²) in [5.41, 5.74) is 1.61. The van der Waals surface area contributed by atoms with Crippen molar-refractivity contribution in [2.45, 2.75) is 51.0 Å². The molecule has 1 aromatic carbocycles. The summed E-state index contributed by atoms with van der Waals surface area (Å²) in [6.07, 6.45) is 9.32. The van der Waals surface area contributed by atoms with Crippen LogP contribution in [-0.4, -0.2) is 47.3 Å². The molecular weight excluding hydrogens is 370 g/mol. The Kier molecular flexibility index (Phi) is 4.98. The van der Waals surface area contributed by atoms with Gasteiger partial charge in [0, 0.05) is 24.7 Å². The second-order valence-electron chi connectivity index (χ2n) is 9.01. The Morgan fingerprint density at radius 2 is 1.55 bits per heavy atom. The van der Waals surface area contributed by atoms with Crippen molar-refractivity contribution in [2.75, 3.05) is 31.1 Å². The highest BCUT2D eigenvalue weighted by molar-refractivity contribution is 5.59. The predicted molar refractivity (Wildman–Crippen MR) is 110 cm³/mol. The summed E-state index contributed by atoms with van der Waals surface area (Å²) in [6, 6.07) is 8.48. The van der Waals surface area contributed by atoms with Crippen LogP contribution in [0.1, 0.15) is 44.9 Å². The van der Waals surface area contributed by atoms with E-state index in [4.69, 9.17) is 0 Å². The van der Waals surface area contributed by atoms with Crippen LogP contribution in [0.25, 0.3) is 11.3 Å². The highest BCUT2D eigenvalue weighted by atomic mass is 19.2. The summed E-state index contributed by atoms with van der Waals surface area (Å²) in [5.74, 6) is -0.838. The second kappa shape index (κ2) is 7.63. The molecule has 29 heavy (non-hydrogen) atoms. The van der Waals surface area contributed by atoms with Crippen LogP contribution >= 0.6 is 0 Å². The number of anilines is 1. The monoisotopic (exact) mass is 398 g/mol. The molecule has 0 radical (unpaired) electrons. The number of hydrogen-bond acceptors (Lipinski definition) is 4. The van der Waals surface area contributed by atoms with Gasteiger partial charge < -0.3 is 9.80 Å². The molecule has 2 aliphatic heterocycles. The number of piperidine rings is 2. The van der Waals surface area contributed by atoms with Gasteiger partial charge in [-0.2, -0.15) is 0 Å². The third-order valence-corrected chi connectivity index (χ3v) is 7.46. The standard InChI is InChI=1S/C23H28F2N4/c24-19-5-4-17(16-20(19)25)21-6-7-22(27-26-21)29-14-10-23(11-15-29)8-12-28(13-9-23)18-2-1-3-18/h4-7,16,18H,1-3,8-15H2. The van der Waals surface area contributed by atoms with Gasteiger partial charge in [0.05, 0.1) is 5.69 Å². The molecule has 0 bridgehead atoms. The molecule has 6 heteroatoms. The Morgan fingerprint density at radius 3 is 2.14 bits per heavy atom. The Bertz CT molecular complexity index is 848. The number of likely N-dealkylation sites (tertiary alicyclic amines) is 1. The quantitative estimate of drug-likeness (QED) is 0.753. The largest absolute Gasteiger partial charge is 0.355 e. The van der Waals surface area contributed by atoms with Crippen molar-refractivity contribution in [2.24, 2.45) is 5.41 Å². The molecule has 154 valence electrons. The summed E-state index contributed by atoms with van der Waals surface area (Å²) in [5, 5.41) is 8.63. The molecule has 4 nitrogen and oxygen atoms in total. The molecule has 0 amide bonds. The minimum Gasteiger partial charge on any atom is -0.355 e. The first-order valence-corrected chi connectivity index (χ1v) is 10.9. The van der Waals surface area contributed by atoms with Crippen molar-refractivity contribution < 1.29 is 8.78 Å². The number of nitrogens with zero attached hydrogens (tertiary/aromatic N) is 4. The molecule has 2 aromatic rings. The van der Waals surface area contributed by atoms with Crippen LogP contribution in [0.5, 0.6) is 0 Å². The van der Waals surface area contributed by atoms with Crippen LogP contribution in [0.3, 0.4) is 0 Å². The van der Waals surface area contributed by atoms with Crippen molar-refractivity contribution in [3.63, 3.8) is 0 Å². The van der Waals surface area contributed by atoms with Crippen LogP contribution in [0.15, 0.2) is 30.3 Å². The van der Waals surface area contributed by atoms with E-state index in [9.17, 15) is 8.78 Å². The van der Waals surface area contributed by atoms with Crippen LogP contribution in [-0.2, 0) is 0 Å². The summed E-state index contributed by atoms with van der Waals surface area (Å²) in [4.78, 5) is 5.04. The topological polar surface area (TPSA) is 32.3 Å². The zero-order valence-electron chi connectivity index (χ0n) is 16.8. The summed E-state index contributed by atoms with van der Waals surface area (Å²) in [6.45, 7) is 4.58. The highest BCUT2D eigenvalue weighted by Crippen LogP contribution is 2.43. The number of halogens is 2. The van der Waals surface area contributed by atoms with Gasteiger partial charge in [-0.1, -0.05) is 6.42 Å². The lowest BCUT2D eigenvalue weighted by atomic mass is 9.70. The Balaban J connectivity index is 1.19. The van der Waals surface area contributed by atoms with Crippen LogP contribution in [0.2, 0.25) is 0 Å². The average molecular weight is 399 g/mol.